The molecular weight excluding hydrogens is 203 g/mol. The summed E-state index contributed by atoms with van der Waals surface area (Å²) in [5.41, 5.74) is 0. The fourth-order valence-corrected chi connectivity index (χ4v) is 0.817. The van der Waals surface area contributed by atoms with E-state index in [-0.39, 0.29) is 26.2 Å². The molecule has 10 heavy (non-hydrogen) atoms. The third-order valence-corrected chi connectivity index (χ3v) is 1.24. The van der Waals surface area contributed by atoms with Gasteiger partial charge in [-0.05, 0) is 0 Å². The zero-order valence-electron chi connectivity index (χ0n) is 6.25. The fourth-order valence-electron chi connectivity index (χ4n) is 0.817. The summed E-state index contributed by atoms with van der Waals surface area (Å²) in [6.07, 6.45) is 7.07. The van der Waals surface area contributed by atoms with Crippen LogP contribution in [-0.2, 0) is 39.8 Å². The third kappa shape index (κ3) is 2.78. The van der Waals surface area contributed by atoms with Crippen LogP contribution < -0.4 is 4.57 Å². The van der Waals surface area contributed by atoms with Crippen molar-refractivity contribution < 1.29 is 30.8 Å². The van der Waals surface area contributed by atoms with Gasteiger partial charge in [0.15, 0.2) is 0 Å². The van der Waals surface area contributed by atoms with E-state index >= 15 is 0 Å². The van der Waals surface area contributed by atoms with E-state index < -0.39 is 0 Å². The van der Waals surface area contributed by atoms with Gasteiger partial charge in [0.2, 0.25) is 6.33 Å². The Morgan fingerprint density at radius 3 is 2.70 bits per heavy atom. The van der Waals surface area contributed by atoms with Crippen LogP contribution in [-0.4, -0.2) is 4.57 Å². The molecule has 50 valence electrons. The van der Waals surface area contributed by atoms with Crippen molar-refractivity contribution in [1.82, 2.24) is 4.57 Å². The maximum Gasteiger partial charge on any atom is 4.00 e. The molecule has 1 rings (SSSR count). The smallest absolute Gasteiger partial charge is 0.340 e. The van der Waals surface area contributed by atoms with E-state index in [9.17, 15) is 0 Å². The molecule has 3 heteroatoms. The SMILES string of the molecule is [CH2-]CCn1cc[n+](C)c1.[Zr+4]. The van der Waals surface area contributed by atoms with Crippen molar-refractivity contribution in [2.24, 2.45) is 7.05 Å². The zero-order valence-corrected chi connectivity index (χ0v) is 8.71. The standard InChI is InChI=1S/C7H12N2.Zr/c1-3-4-9-6-5-8(2)7-9;/h5-7H,1,3-4H2,2H3;/q;+4. The topological polar surface area (TPSA) is 8.81 Å². The van der Waals surface area contributed by atoms with E-state index in [4.69, 9.17) is 0 Å². The van der Waals surface area contributed by atoms with Gasteiger partial charge < -0.3 is 6.92 Å². The van der Waals surface area contributed by atoms with Crippen LogP contribution >= 0.6 is 0 Å². The molecule has 1 heterocycles. The molecule has 0 aliphatic heterocycles. The minimum absolute atomic E-state index is 0. The number of imidazole rings is 1. The Bertz CT molecular complexity index is 183. The Labute approximate surface area is 81.0 Å². The van der Waals surface area contributed by atoms with Gasteiger partial charge in [0, 0.05) is 0 Å². The molecule has 0 unspecified atom stereocenters. The molecule has 1 aromatic rings. The van der Waals surface area contributed by atoms with Crippen molar-refractivity contribution in [2.45, 2.75) is 13.0 Å². The predicted octanol–water partition coefficient (Wildman–Crippen LogP) is 0.534. The Hall–Kier alpha value is 0.0931. The minimum atomic E-state index is 0. The molecule has 0 fully saturated rings. The van der Waals surface area contributed by atoms with Crippen LogP contribution in [0.1, 0.15) is 6.42 Å². The molecule has 0 radical (unpaired) electrons. The predicted molar refractivity (Wildman–Crippen MR) is 35.6 cm³/mol. The summed E-state index contributed by atoms with van der Waals surface area (Å²) in [6, 6.07) is 0. The van der Waals surface area contributed by atoms with Gasteiger partial charge in [0.1, 0.15) is 12.4 Å². The first kappa shape index (κ1) is 10.1. The summed E-state index contributed by atoms with van der Waals surface area (Å²) in [5.74, 6) is 0. The monoisotopic (exact) mass is 214 g/mol. The van der Waals surface area contributed by atoms with Crippen LogP contribution in [0.15, 0.2) is 18.7 Å². The second-order valence-electron chi connectivity index (χ2n) is 2.17. The molecule has 0 N–H and O–H groups in total. The van der Waals surface area contributed by atoms with Crippen molar-refractivity contribution in [3.8, 4) is 0 Å². The molecule has 1 aromatic heterocycles. The molecule has 0 bridgehead atoms. The van der Waals surface area contributed by atoms with Crippen molar-refractivity contribution in [3.05, 3.63) is 25.6 Å². The summed E-state index contributed by atoms with van der Waals surface area (Å²) in [5, 5.41) is 0. The largest absolute Gasteiger partial charge is 4.00 e. The van der Waals surface area contributed by atoms with Crippen molar-refractivity contribution in [1.29, 1.82) is 0 Å². The zero-order chi connectivity index (χ0) is 6.69. The van der Waals surface area contributed by atoms with Gasteiger partial charge >= 0.3 is 26.2 Å². The van der Waals surface area contributed by atoms with E-state index in [1.165, 1.54) is 0 Å². The number of aryl methyl sites for hydroxylation is 2. The van der Waals surface area contributed by atoms with Crippen LogP contribution in [0.2, 0.25) is 0 Å². The summed E-state index contributed by atoms with van der Waals surface area (Å²) in [7, 11) is 2.01. The van der Waals surface area contributed by atoms with Gasteiger partial charge in [-0.15, -0.1) is 6.42 Å². The molecular formula is C7H12N2Zr+4. The molecule has 0 aliphatic rings. The molecule has 0 aromatic carbocycles. The second kappa shape index (κ2) is 4.84. The summed E-state index contributed by atoms with van der Waals surface area (Å²) >= 11 is 0. The number of rotatable bonds is 2. The van der Waals surface area contributed by atoms with Crippen LogP contribution in [0, 0.1) is 6.92 Å². The molecule has 0 spiro atoms. The number of nitrogens with zero attached hydrogens (tertiary/aromatic N) is 2. The van der Waals surface area contributed by atoms with Gasteiger partial charge in [0.25, 0.3) is 0 Å². The Balaban J connectivity index is 0.000000810. The first-order chi connectivity index (χ1) is 4.33. The Morgan fingerprint density at radius 2 is 2.30 bits per heavy atom. The van der Waals surface area contributed by atoms with Gasteiger partial charge in [0.05, 0.1) is 13.6 Å². The van der Waals surface area contributed by atoms with E-state index in [2.05, 4.69) is 11.5 Å². The summed E-state index contributed by atoms with van der Waals surface area (Å²) in [6.45, 7) is 4.77. The first-order valence-electron chi connectivity index (χ1n) is 3.13. The number of hydrogen-bond donors (Lipinski definition) is 0. The normalized spacial score (nSPS) is 9.00. The second-order valence-corrected chi connectivity index (χ2v) is 2.17. The molecule has 0 aliphatic carbocycles. The minimum Gasteiger partial charge on any atom is -0.340 e. The van der Waals surface area contributed by atoms with Crippen LogP contribution in [0.4, 0.5) is 0 Å². The fraction of sp³-hybridized carbons (Fsp3) is 0.429. The van der Waals surface area contributed by atoms with Gasteiger partial charge in [-0.1, -0.05) is 0 Å². The average molecular weight is 215 g/mol. The van der Waals surface area contributed by atoms with Crippen LogP contribution in [0.25, 0.3) is 0 Å². The Kier molecular flexibility index (Phi) is 4.88. The summed E-state index contributed by atoms with van der Waals surface area (Å²) < 4.78 is 4.14. The number of aromatic nitrogens is 2. The Morgan fingerprint density at radius 1 is 1.60 bits per heavy atom. The number of hydrogen-bond acceptors (Lipinski definition) is 0. The van der Waals surface area contributed by atoms with Gasteiger partial charge in [-0.2, -0.15) is 0 Å². The van der Waals surface area contributed by atoms with E-state index in [1.54, 1.807) is 0 Å². The van der Waals surface area contributed by atoms with Crippen molar-refractivity contribution in [2.75, 3.05) is 0 Å². The van der Waals surface area contributed by atoms with Gasteiger partial charge in [-0.3, -0.25) is 0 Å². The van der Waals surface area contributed by atoms with Crippen LogP contribution in [0.5, 0.6) is 0 Å². The summed E-state index contributed by atoms with van der Waals surface area (Å²) in [4.78, 5) is 0. The van der Waals surface area contributed by atoms with Gasteiger partial charge in [-0.25, -0.2) is 9.13 Å². The van der Waals surface area contributed by atoms with E-state index in [0.717, 1.165) is 13.0 Å². The first-order valence-corrected chi connectivity index (χ1v) is 3.13. The third-order valence-electron chi connectivity index (χ3n) is 1.24. The molecule has 0 amide bonds. The van der Waals surface area contributed by atoms with E-state index in [0.29, 0.717) is 0 Å². The van der Waals surface area contributed by atoms with Crippen molar-refractivity contribution >= 4 is 0 Å². The quantitative estimate of drug-likeness (QED) is 0.503. The molecule has 0 saturated carbocycles. The van der Waals surface area contributed by atoms with Crippen molar-refractivity contribution in [3.63, 3.8) is 0 Å². The molecule has 0 saturated heterocycles. The molecule has 2 nitrogen and oxygen atoms in total. The van der Waals surface area contributed by atoms with Crippen LogP contribution in [0.3, 0.4) is 0 Å². The van der Waals surface area contributed by atoms with E-state index in [1.807, 2.05) is 30.3 Å². The maximum atomic E-state index is 3.76. The average Bonchev–Trinajstić information content (AvgIpc) is 2.17. The maximum absolute atomic E-state index is 3.76. The molecule has 0 atom stereocenters.